The molecule has 1 unspecified atom stereocenters. The number of carbonyl (C=O) groups excluding carboxylic acids is 1. The third-order valence-corrected chi connectivity index (χ3v) is 5.01. The average molecular weight is 267 g/mol. The van der Waals surface area contributed by atoms with Gasteiger partial charge in [-0.1, -0.05) is 18.2 Å². The van der Waals surface area contributed by atoms with Gasteiger partial charge in [-0.25, -0.2) is 8.42 Å². The first-order valence-corrected chi connectivity index (χ1v) is 7.89. The summed E-state index contributed by atoms with van der Waals surface area (Å²) in [4.78, 5) is 13.9. The molecule has 1 heterocycles. The second kappa shape index (κ2) is 4.72. The highest BCUT2D eigenvalue weighted by atomic mass is 32.2. The van der Waals surface area contributed by atoms with E-state index in [9.17, 15) is 13.2 Å². The van der Waals surface area contributed by atoms with E-state index in [1.54, 1.807) is 11.0 Å². The third-order valence-electron chi connectivity index (χ3n) is 3.41. The summed E-state index contributed by atoms with van der Waals surface area (Å²) in [5.74, 6) is -0.0701. The maximum Gasteiger partial charge on any atom is 0.254 e. The summed E-state index contributed by atoms with van der Waals surface area (Å²) >= 11 is 0. The van der Waals surface area contributed by atoms with E-state index in [0.29, 0.717) is 25.1 Å². The predicted octanol–water partition coefficient (Wildman–Crippen LogP) is 1.25. The zero-order chi connectivity index (χ0) is 13.3. The van der Waals surface area contributed by atoms with Crippen LogP contribution in [0.2, 0.25) is 0 Å². The Bertz CT molecular complexity index is 565. The minimum absolute atomic E-state index is 0.0701. The third kappa shape index (κ3) is 2.56. The quantitative estimate of drug-likeness (QED) is 0.810. The second-order valence-corrected chi connectivity index (χ2v) is 7.13. The maximum absolute atomic E-state index is 12.3. The lowest BCUT2D eigenvalue weighted by molar-refractivity contribution is 0.0792. The van der Waals surface area contributed by atoms with Crippen molar-refractivity contribution in [2.24, 2.45) is 0 Å². The molecule has 5 heteroatoms. The molecule has 1 saturated heterocycles. The van der Waals surface area contributed by atoms with Crippen LogP contribution in [0.4, 0.5) is 0 Å². The monoisotopic (exact) mass is 267 g/mol. The predicted molar refractivity (Wildman–Crippen MR) is 70.3 cm³/mol. The number of amides is 1. The van der Waals surface area contributed by atoms with Crippen molar-refractivity contribution in [2.45, 2.75) is 18.6 Å². The van der Waals surface area contributed by atoms with Crippen LogP contribution < -0.4 is 0 Å². The Morgan fingerprint density at radius 3 is 2.56 bits per heavy atom. The van der Waals surface area contributed by atoms with E-state index in [1.165, 1.54) is 6.26 Å². The number of hydrogen-bond donors (Lipinski definition) is 0. The topological polar surface area (TPSA) is 54.5 Å². The van der Waals surface area contributed by atoms with Crippen LogP contribution in [0.15, 0.2) is 24.3 Å². The van der Waals surface area contributed by atoms with Crippen LogP contribution in [0, 0.1) is 6.92 Å². The van der Waals surface area contributed by atoms with E-state index < -0.39 is 15.1 Å². The van der Waals surface area contributed by atoms with Gasteiger partial charge in [0.15, 0.2) is 9.84 Å². The molecule has 1 amide bonds. The summed E-state index contributed by atoms with van der Waals surface area (Å²) in [5, 5.41) is -0.412. The molecule has 4 nitrogen and oxygen atoms in total. The number of hydrogen-bond acceptors (Lipinski definition) is 3. The van der Waals surface area contributed by atoms with E-state index >= 15 is 0 Å². The summed E-state index contributed by atoms with van der Waals surface area (Å²) in [6.45, 7) is 2.72. The van der Waals surface area contributed by atoms with Crippen LogP contribution in [0.5, 0.6) is 0 Å². The number of nitrogens with zero attached hydrogens (tertiary/aromatic N) is 1. The van der Waals surface area contributed by atoms with Gasteiger partial charge in [0.25, 0.3) is 5.91 Å². The molecule has 0 aliphatic carbocycles. The molecule has 2 rings (SSSR count). The molecule has 1 aliphatic heterocycles. The Balaban J connectivity index is 2.16. The number of rotatable bonds is 2. The first-order valence-electron chi connectivity index (χ1n) is 5.93. The van der Waals surface area contributed by atoms with Crippen molar-refractivity contribution in [1.29, 1.82) is 0 Å². The lowest BCUT2D eigenvalue weighted by Gasteiger charge is -2.17. The molecule has 1 fully saturated rings. The van der Waals surface area contributed by atoms with E-state index in [0.717, 1.165) is 5.56 Å². The SMILES string of the molecule is Cc1ccccc1C(=O)N1CCC(S(C)(=O)=O)C1. The molecule has 0 aromatic heterocycles. The molecular weight excluding hydrogens is 250 g/mol. The van der Waals surface area contributed by atoms with Gasteiger partial charge in [-0.15, -0.1) is 0 Å². The molecule has 0 radical (unpaired) electrons. The Morgan fingerprint density at radius 2 is 2.00 bits per heavy atom. The fourth-order valence-corrected chi connectivity index (χ4v) is 3.23. The molecular formula is C13H17NO3S. The highest BCUT2D eigenvalue weighted by Crippen LogP contribution is 2.19. The Hall–Kier alpha value is -1.36. The fraction of sp³-hybridized carbons (Fsp3) is 0.462. The fourth-order valence-electron chi connectivity index (χ4n) is 2.25. The van der Waals surface area contributed by atoms with Crippen molar-refractivity contribution >= 4 is 15.7 Å². The zero-order valence-electron chi connectivity index (χ0n) is 10.6. The van der Waals surface area contributed by atoms with Crippen molar-refractivity contribution in [3.05, 3.63) is 35.4 Å². The molecule has 0 saturated carbocycles. The van der Waals surface area contributed by atoms with E-state index in [2.05, 4.69) is 0 Å². The Kier molecular flexibility index (Phi) is 3.43. The molecule has 1 atom stereocenters. The van der Waals surface area contributed by atoms with Crippen LogP contribution in [0.1, 0.15) is 22.3 Å². The molecule has 0 bridgehead atoms. The van der Waals surface area contributed by atoms with Gasteiger partial charge < -0.3 is 4.90 Å². The van der Waals surface area contributed by atoms with Crippen LogP contribution in [0.25, 0.3) is 0 Å². The minimum atomic E-state index is -3.06. The van der Waals surface area contributed by atoms with E-state index in [-0.39, 0.29) is 5.91 Å². The lowest BCUT2D eigenvalue weighted by Crippen LogP contribution is -2.31. The van der Waals surface area contributed by atoms with Crippen molar-refractivity contribution < 1.29 is 13.2 Å². The van der Waals surface area contributed by atoms with Gasteiger partial charge in [-0.05, 0) is 25.0 Å². The molecule has 0 spiro atoms. The van der Waals surface area contributed by atoms with Gasteiger partial charge in [0, 0.05) is 24.9 Å². The minimum Gasteiger partial charge on any atom is -0.337 e. The van der Waals surface area contributed by atoms with Crippen molar-refractivity contribution in [3.8, 4) is 0 Å². The van der Waals surface area contributed by atoms with Crippen LogP contribution in [-0.2, 0) is 9.84 Å². The molecule has 98 valence electrons. The Labute approximate surface area is 108 Å². The average Bonchev–Trinajstić information content (AvgIpc) is 2.77. The van der Waals surface area contributed by atoms with E-state index in [1.807, 2.05) is 25.1 Å². The largest absolute Gasteiger partial charge is 0.337 e. The summed E-state index contributed by atoms with van der Waals surface area (Å²) in [6, 6.07) is 7.38. The smallest absolute Gasteiger partial charge is 0.254 e. The van der Waals surface area contributed by atoms with Gasteiger partial charge >= 0.3 is 0 Å². The van der Waals surface area contributed by atoms with E-state index in [4.69, 9.17) is 0 Å². The van der Waals surface area contributed by atoms with Gasteiger partial charge in [0.05, 0.1) is 5.25 Å². The van der Waals surface area contributed by atoms with Crippen molar-refractivity contribution in [1.82, 2.24) is 4.90 Å². The number of sulfone groups is 1. The lowest BCUT2D eigenvalue weighted by atomic mass is 10.1. The highest BCUT2D eigenvalue weighted by Gasteiger charge is 2.33. The van der Waals surface area contributed by atoms with Gasteiger partial charge in [0.2, 0.25) is 0 Å². The number of carbonyl (C=O) groups is 1. The van der Waals surface area contributed by atoms with Gasteiger partial charge in [-0.3, -0.25) is 4.79 Å². The Morgan fingerprint density at radius 1 is 1.33 bits per heavy atom. The zero-order valence-corrected chi connectivity index (χ0v) is 11.4. The van der Waals surface area contributed by atoms with Crippen LogP contribution in [0.3, 0.4) is 0 Å². The highest BCUT2D eigenvalue weighted by molar-refractivity contribution is 7.91. The van der Waals surface area contributed by atoms with Crippen molar-refractivity contribution in [2.75, 3.05) is 19.3 Å². The normalized spacial score (nSPS) is 20.1. The number of aryl methyl sites for hydroxylation is 1. The standard InChI is InChI=1S/C13H17NO3S/c1-10-5-3-4-6-12(10)13(15)14-8-7-11(9-14)18(2,16)17/h3-6,11H,7-9H2,1-2H3. The van der Waals surface area contributed by atoms with Crippen molar-refractivity contribution in [3.63, 3.8) is 0 Å². The first-order chi connectivity index (χ1) is 8.39. The van der Waals surface area contributed by atoms with Crippen LogP contribution in [-0.4, -0.2) is 43.8 Å². The molecule has 1 aliphatic rings. The summed E-state index contributed by atoms with van der Waals surface area (Å²) in [7, 11) is -3.06. The maximum atomic E-state index is 12.3. The number of benzene rings is 1. The molecule has 18 heavy (non-hydrogen) atoms. The summed E-state index contributed by atoms with van der Waals surface area (Å²) in [5.41, 5.74) is 1.58. The second-order valence-electron chi connectivity index (χ2n) is 4.81. The van der Waals surface area contributed by atoms with Gasteiger partial charge in [-0.2, -0.15) is 0 Å². The first kappa shape index (κ1) is 13.1. The molecule has 1 aromatic rings. The molecule has 0 N–H and O–H groups in total. The summed E-state index contributed by atoms with van der Waals surface area (Å²) in [6.07, 6.45) is 1.77. The molecule has 1 aromatic carbocycles. The van der Waals surface area contributed by atoms with Gasteiger partial charge in [0.1, 0.15) is 0 Å². The summed E-state index contributed by atoms with van der Waals surface area (Å²) < 4.78 is 22.9. The number of likely N-dealkylation sites (tertiary alicyclic amines) is 1. The van der Waals surface area contributed by atoms with Crippen LogP contribution >= 0.6 is 0 Å².